The molecule has 156 valence electrons. The van der Waals surface area contributed by atoms with Crippen molar-refractivity contribution in [1.29, 1.82) is 0 Å². The lowest BCUT2D eigenvalue weighted by atomic mass is 10.6. The Bertz CT molecular complexity index is 936. The molecule has 2 aromatic rings. The number of aromatic nitrogens is 8. The molecule has 0 spiro atoms. The molecule has 0 atom stereocenters. The molecule has 0 fully saturated rings. The van der Waals surface area contributed by atoms with Gasteiger partial charge in [-0.3, -0.25) is 0 Å². The second kappa shape index (κ2) is 10.7. The number of hydrogen-bond donors (Lipinski definition) is 0. The molecule has 0 aromatic carbocycles. The van der Waals surface area contributed by atoms with E-state index in [0.717, 1.165) is 43.3 Å². The van der Waals surface area contributed by atoms with Gasteiger partial charge in [0.1, 0.15) is 0 Å². The molecular weight excluding hydrogens is 408 g/mol. The van der Waals surface area contributed by atoms with Crippen LogP contribution in [0.3, 0.4) is 0 Å². The second-order valence-corrected chi connectivity index (χ2v) is 6.37. The average Bonchev–Trinajstić information content (AvgIpc) is 3.26. The van der Waals surface area contributed by atoms with Crippen molar-refractivity contribution in [3.63, 3.8) is 0 Å². The molecule has 0 aliphatic carbocycles. The summed E-state index contributed by atoms with van der Waals surface area (Å²) in [5, 5.41) is 14.7. The number of hydrogen-bond acceptors (Lipinski definition) is 11. The molecule has 0 aliphatic rings. The van der Waals surface area contributed by atoms with Crippen LogP contribution in [0.2, 0.25) is 0 Å². The van der Waals surface area contributed by atoms with Gasteiger partial charge in [0, 0.05) is 36.1 Å². The summed E-state index contributed by atoms with van der Waals surface area (Å²) in [7, 11) is 2.44. The predicted molar refractivity (Wildman–Crippen MR) is 101 cm³/mol. The van der Waals surface area contributed by atoms with Crippen molar-refractivity contribution in [2.45, 2.75) is 13.1 Å². The van der Waals surface area contributed by atoms with Crippen molar-refractivity contribution in [3.05, 3.63) is 33.1 Å². The lowest BCUT2D eigenvalue weighted by Crippen LogP contribution is -2.25. The van der Waals surface area contributed by atoms with Crippen molar-refractivity contribution in [1.82, 2.24) is 39.6 Å². The van der Waals surface area contributed by atoms with Crippen molar-refractivity contribution >= 4 is 36.1 Å². The first-order valence-electron chi connectivity index (χ1n) is 8.11. The fourth-order valence-electron chi connectivity index (χ4n) is 1.84. The van der Waals surface area contributed by atoms with E-state index in [0.29, 0.717) is 24.6 Å². The van der Waals surface area contributed by atoms with E-state index < -0.39 is 23.3 Å². The van der Waals surface area contributed by atoms with E-state index in [2.05, 4.69) is 30.3 Å². The highest BCUT2D eigenvalue weighted by Crippen LogP contribution is 2.00. The Labute approximate surface area is 167 Å². The third-order valence-corrected chi connectivity index (χ3v) is 4.27. The molecule has 0 radical (unpaired) electrons. The zero-order valence-corrected chi connectivity index (χ0v) is 16.4. The van der Waals surface area contributed by atoms with E-state index in [4.69, 9.17) is 0 Å². The van der Waals surface area contributed by atoms with Gasteiger partial charge in [0.2, 0.25) is 0 Å². The van der Waals surface area contributed by atoms with Crippen molar-refractivity contribution < 1.29 is 19.1 Å². The van der Waals surface area contributed by atoms with E-state index in [-0.39, 0.29) is 0 Å². The summed E-state index contributed by atoms with van der Waals surface area (Å²) in [6.45, 7) is 0.581. The average molecular weight is 426 g/mol. The SMILES string of the molecule is COC(=O)/C=C/n1nnn(CCSCCn2nnn(/C=C/C(=O)OC)c2=O)c1=O. The summed E-state index contributed by atoms with van der Waals surface area (Å²) >= 11 is 1.46. The van der Waals surface area contributed by atoms with Crippen molar-refractivity contribution in [2.24, 2.45) is 0 Å². The number of thioether (sulfide) groups is 1. The lowest BCUT2D eigenvalue weighted by Gasteiger charge is -2.00. The van der Waals surface area contributed by atoms with Crippen LogP contribution in [0.25, 0.3) is 12.4 Å². The fourth-order valence-corrected chi connectivity index (χ4v) is 2.65. The minimum Gasteiger partial charge on any atom is -0.466 e. The van der Waals surface area contributed by atoms with Gasteiger partial charge >= 0.3 is 23.3 Å². The van der Waals surface area contributed by atoms with Crippen molar-refractivity contribution in [2.75, 3.05) is 25.7 Å². The highest BCUT2D eigenvalue weighted by Gasteiger charge is 2.07. The summed E-state index contributed by atoms with van der Waals surface area (Å²) in [5.41, 5.74) is -0.996. The van der Waals surface area contributed by atoms with E-state index in [1.807, 2.05) is 0 Å². The number of tetrazole rings is 2. The molecule has 2 rings (SSSR count). The van der Waals surface area contributed by atoms with Gasteiger partial charge in [-0.2, -0.15) is 30.5 Å². The molecule has 15 heteroatoms. The smallest absolute Gasteiger partial charge is 0.367 e. The number of esters is 2. The van der Waals surface area contributed by atoms with Crippen LogP contribution in [-0.2, 0) is 32.2 Å². The molecule has 0 amide bonds. The molecule has 29 heavy (non-hydrogen) atoms. The summed E-state index contributed by atoms with van der Waals surface area (Å²) in [6.07, 6.45) is 4.44. The highest BCUT2D eigenvalue weighted by molar-refractivity contribution is 7.99. The number of carbonyl (C=O) groups is 2. The maximum atomic E-state index is 12.0. The van der Waals surface area contributed by atoms with Crippen LogP contribution in [0.5, 0.6) is 0 Å². The Hall–Kier alpha value is -3.49. The molecule has 2 aromatic heterocycles. The van der Waals surface area contributed by atoms with Crippen LogP contribution in [0.1, 0.15) is 0 Å². The molecule has 2 heterocycles. The molecule has 0 unspecified atom stereocenters. The highest BCUT2D eigenvalue weighted by atomic mass is 32.2. The van der Waals surface area contributed by atoms with E-state index in [9.17, 15) is 19.2 Å². The molecule has 0 saturated heterocycles. The summed E-state index contributed by atoms with van der Waals surface area (Å²) in [5.74, 6) is -0.167. The van der Waals surface area contributed by atoms with Crippen LogP contribution < -0.4 is 11.4 Å². The van der Waals surface area contributed by atoms with Crippen molar-refractivity contribution in [3.8, 4) is 0 Å². The summed E-state index contributed by atoms with van der Waals surface area (Å²) < 4.78 is 13.0. The maximum absolute atomic E-state index is 12.0. The van der Waals surface area contributed by atoms with Gasteiger partial charge < -0.3 is 9.47 Å². The lowest BCUT2D eigenvalue weighted by molar-refractivity contribution is -0.135. The molecule has 0 aliphatic heterocycles. The van der Waals surface area contributed by atoms with Gasteiger partial charge in [-0.05, 0) is 20.9 Å². The zero-order valence-electron chi connectivity index (χ0n) is 15.6. The monoisotopic (exact) mass is 426 g/mol. The van der Waals surface area contributed by atoms with E-state index in [1.165, 1.54) is 26.0 Å². The number of nitrogens with zero attached hydrogens (tertiary/aromatic N) is 8. The predicted octanol–water partition coefficient (Wildman–Crippen LogP) is -2.09. The van der Waals surface area contributed by atoms with Gasteiger partial charge in [-0.25, -0.2) is 19.2 Å². The third-order valence-electron chi connectivity index (χ3n) is 3.32. The number of ether oxygens (including phenoxy) is 2. The molecular formula is C14H18N8O6S. The number of carbonyl (C=O) groups excluding carboxylic acids is 2. The van der Waals surface area contributed by atoms with Gasteiger partial charge in [0.05, 0.1) is 27.3 Å². The minimum absolute atomic E-state index is 0.291. The van der Waals surface area contributed by atoms with Gasteiger partial charge in [0.25, 0.3) is 0 Å². The minimum atomic E-state index is -0.616. The van der Waals surface area contributed by atoms with Crippen LogP contribution in [0.4, 0.5) is 0 Å². The first-order chi connectivity index (χ1) is 14.0. The van der Waals surface area contributed by atoms with E-state index >= 15 is 0 Å². The number of rotatable bonds is 10. The maximum Gasteiger partial charge on any atom is 0.367 e. The third kappa shape index (κ3) is 6.27. The molecule has 0 N–H and O–H groups in total. The Morgan fingerprint density at radius 3 is 1.62 bits per heavy atom. The molecule has 0 saturated carbocycles. The Kier molecular flexibility index (Phi) is 8.08. The largest absolute Gasteiger partial charge is 0.466 e. The second-order valence-electron chi connectivity index (χ2n) is 5.15. The quantitative estimate of drug-likeness (QED) is 0.233. The zero-order chi connectivity index (χ0) is 21.2. The van der Waals surface area contributed by atoms with Gasteiger partial charge in [-0.1, -0.05) is 0 Å². The first kappa shape index (κ1) is 21.8. The molecule has 0 bridgehead atoms. The topological polar surface area (TPSA) is 158 Å². The Balaban J connectivity index is 1.80. The Morgan fingerprint density at radius 2 is 1.24 bits per heavy atom. The van der Waals surface area contributed by atoms with Crippen LogP contribution in [0, 0.1) is 0 Å². The Morgan fingerprint density at radius 1 is 0.828 bits per heavy atom. The van der Waals surface area contributed by atoms with Crippen LogP contribution in [0.15, 0.2) is 21.7 Å². The van der Waals surface area contributed by atoms with Crippen LogP contribution in [-0.4, -0.2) is 77.2 Å². The summed E-state index contributed by atoms with van der Waals surface area (Å²) in [6, 6.07) is 0. The molecule has 14 nitrogen and oxygen atoms in total. The normalized spacial score (nSPS) is 11.4. The van der Waals surface area contributed by atoms with E-state index in [1.54, 1.807) is 0 Å². The van der Waals surface area contributed by atoms with Gasteiger partial charge in [0.15, 0.2) is 0 Å². The standard InChI is InChI=1S/C14H18N8O6S/c1-27-11(23)3-5-19-13(25)21(17-15-19)7-9-29-10-8-22-14(26)20(16-18-22)6-4-12(24)28-2/h3-6H,7-10H2,1-2H3/b5-3+,6-4+. The first-order valence-corrected chi connectivity index (χ1v) is 9.26. The van der Waals surface area contributed by atoms with Crippen LogP contribution >= 0.6 is 11.8 Å². The number of methoxy groups -OCH3 is 2. The van der Waals surface area contributed by atoms with Gasteiger partial charge in [-0.15, -0.1) is 0 Å². The fraction of sp³-hybridized carbons (Fsp3) is 0.429. The number of aryl methyl sites for hydroxylation is 2. The summed E-state index contributed by atoms with van der Waals surface area (Å²) in [4.78, 5) is 46.1.